The van der Waals surface area contributed by atoms with Crippen LogP contribution in [-0.2, 0) is 9.53 Å². The number of hydrogen-bond donors (Lipinski definition) is 3. The second kappa shape index (κ2) is 6.94. The Balaban J connectivity index is 1.58. The van der Waals surface area contributed by atoms with E-state index in [2.05, 4.69) is 15.0 Å². The lowest BCUT2D eigenvalue weighted by atomic mass is 9.77. The summed E-state index contributed by atoms with van der Waals surface area (Å²) in [6, 6.07) is -0.271. The highest BCUT2D eigenvalue weighted by atomic mass is 16.5. The number of imidazole rings is 1. The monoisotopic (exact) mass is 389 g/mol. The second-order valence-corrected chi connectivity index (χ2v) is 8.05. The SMILES string of the molecule is C[C@]1(O)COC2(CCN(C(=O)CCN)CC2)C[C@@H]1n1cnc2c(N)ncnc21. The molecule has 1 amide bonds. The molecule has 1 spiro atoms. The van der Waals surface area contributed by atoms with E-state index in [1.165, 1.54) is 6.33 Å². The van der Waals surface area contributed by atoms with Gasteiger partial charge in [0.2, 0.25) is 5.91 Å². The summed E-state index contributed by atoms with van der Waals surface area (Å²) in [5.74, 6) is 0.404. The minimum absolute atomic E-state index is 0.0875. The van der Waals surface area contributed by atoms with Crippen molar-refractivity contribution < 1.29 is 14.6 Å². The molecule has 0 radical (unpaired) electrons. The van der Waals surface area contributed by atoms with Gasteiger partial charge in [-0.1, -0.05) is 0 Å². The van der Waals surface area contributed by atoms with Crippen LogP contribution in [0, 0.1) is 0 Å². The first-order chi connectivity index (χ1) is 13.4. The summed E-state index contributed by atoms with van der Waals surface area (Å²) in [5.41, 5.74) is 11.1. The van der Waals surface area contributed by atoms with E-state index in [0.717, 1.165) is 12.8 Å². The van der Waals surface area contributed by atoms with Gasteiger partial charge >= 0.3 is 0 Å². The van der Waals surface area contributed by atoms with E-state index in [1.807, 2.05) is 9.47 Å². The summed E-state index contributed by atoms with van der Waals surface area (Å²) in [7, 11) is 0. The highest BCUT2D eigenvalue weighted by Gasteiger charge is 2.49. The first kappa shape index (κ1) is 19.0. The lowest BCUT2D eigenvalue weighted by Gasteiger charge is -2.51. The molecule has 2 saturated heterocycles. The number of rotatable bonds is 3. The zero-order valence-electron chi connectivity index (χ0n) is 16.0. The molecule has 0 aliphatic carbocycles. The Morgan fingerprint density at radius 3 is 2.82 bits per heavy atom. The van der Waals surface area contributed by atoms with Gasteiger partial charge in [0.15, 0.2) is 11.5 Å². The Bertz CT molecular complexity index is 873. The van der Waals surface area contributed by atoms with Crippen molar-refractivity contribution in [1.82, 2.24) is 24.4 Å². The van der Waals surface area contributed by atoms with Gasteiger partial charge in [0.05, 0.1) is 24.6 Å². The maximum absolute atomic E-state index is 12.1. The second-order valence-electron chi connectivity index (χ2n) is 8.05. The van der Waals surface area contributed by atoms with E-state index in [9.17, 15) is 9.90 Å². The van der Waals surface area contributed by atoms with Crippen molar-refractivity contribution in [3.05, 3.63) is 12.7 Å². The predicted molar refractivity (Wildman–Crippen MR) is 102 cm³/mol. The van der Waals surface area contributed by atoms with E-state index in [1.54, 1.807) is 13.3 Å². The third-order valence-corrected chi connectivity index (χ3v) is 6.06. The lowest BCUT2D eigenvalue weighted by Crippen LogP contribution is -2.57. The Kier molecular flexibility index (Phi) is 4.72. The average molecular weight is 389 g/mol. The van der Waals surface area contributed by atoms with E-state index < -0.39 is 5.60 Å². The number of fused-ring (bicyclic) bond motifs is 1. The smallest absolute Gasteiger partial charge is 0.223 e. The molecule has 0 bridgehead atoms. The van der Waals surface area contributed by atoms with E-state index >= 15 is 0 Å². The fourth-order valence-corrected chi connectivity index (χ4v) is 4.32. The number of likely N-dealkylation sites (tertiary alicyclic amines) is 1. The Labute approximate surface area is 162 Å². The van der Waals surface area contributed by atoms with Crippen molar-refractivity contribution in [2.45, 2.75) is 49.9 Å². The summed E-state index contributed by atoms with van der Waals surface area (Å²) in [6.07, 6.45) is 5.48. The van der Waals surface area contributed by atoms with Crippen LogP contribution in [0.2, 0.25) is 0 Å². The summed E-state index contributed by atoms with van der Waals surface area (Å²) in [5, 5.41) is 11.0. The van der Waals surface area contributed by atoms with Gasteiger partial charge in [0.1, 0.15) is 17.4 Å². The third kappa shape index (κ3) is 3.21. The minimum Gasteiger partial charge on any atom is -0.386 e. The largest absolute Gasteiger partial charge is 0.386 e. The molecular weight excluding hydrogens is 362 g/mol. The number of carbonyl (C=O) groups is 1. The van der Waals surface area contributed by atoms with Crippen LogP contribution in [0.5, 0.6) is 0 Å². The zero-order valence-corrected chi connectivity index (χ0v) is 16.0. The Morgan fingerprint density at radius 1 is 1.36 bits per heavy atom. The van der Waals surface area contributed by atoms with Crippen LogP contribution in [0.3, 0.4) is 0 Å². The number of nitrogens with two attached hydrogens (primary N) is 2. The highest BCUT2D eigenvalue weighted by Crippen LogP contribution is 2.44. The van der Waals surface area contributed by atoms with Crippen LogP contribution in [-0.4, -0.2) is 72.9 Å². The number of aromatic nitrogens is 4. The normalized spacial score (nSPS) is 27.4. The van der Waals surface area contributed by atoms with Gasteiger partial charge in [-0.15, -0.1) is 0 Å². The molecule has 10 nitrogen and oxygen atoms in total. The number of ether oxygens (including phenoxy) is 1. The maximum atomic E-state index is 12.1. The molecule has 0 saturated carbocycles. The molecule has 2 atom stereocenters. The summed E-state index contributed by atoms with van der Waals surface area (Å²) >= 11 is 0. The fourth-order valence-electron chi connectivity index (χ4n) is 4.32. The van der Waals surface area contributed by atoms with Crippen LogP contribution in [0.25, 0.3) is 11.2 Å². The molecule has 28 heavy (non-hydrogen) atoms. The fraction of sp³-hybridized carbons (Fsp3) is 0.667. The van der Waals surface area contributed by atoms with Crippen LogP contribution in [0.15, 0.2) is 12.7 Å². The number of anilines is 1. The zero-order chi connectivity index (χ0) is 19.9. The van der Waals surface area contributed by atoms with Gasteiger partial charge in [-0.05, 0) is 19.8 Å². The van der Waals surface area contributed by atoms with Crippen molar-refractivity contribution in [3.8, 4) is 0 Å². The van der Waals surface area contributed by atoms with E-state index in [-0.39, 0.29) is 24.2 Å². The van der Waals surface area contributed by atoms with Crippen LogP contribution in [0.1, 0.15) is 38.6 Å². The van der Waals surface area contributed by atoms with Gasteiger partial charge in [-0.3, -0.25) is 4.79 Å². The maximum Gasteiger partial charge on any atom is 0.223 e. The molecule has 152 valence electrons. The van der Waals surface area contributed by atoms with E-state index in [0.29, 0.717) is 49.5 Å². The van der Waals surface area contributed by atoms with E-state index in [4.69, 9.17) is 16.2 Å². The Morgan fingerprint density at radius 2 is 2.11 bits per heavy atom. The van der Waals surface area contributed by atoms with Crippen molar-refractivity contribution in [2.75, 3.05) is 32.0 Å². The number of hydrogen-bond acceptors (Lipinski definition) is 8. The molecule has 0 aromatic carbocycles. The Hall–Kier alpha value is -2.30. The molecule has 2 aliphatic heterocycles. The molecular formula is C18H27N7O3. The van der Waals surface area contributed by atoms with Crippen molar-refractivity contribution in [3.63, 3.8) is 0 Å². The quantitative estimate of drug-likeness (QED) is 0.656. The summed E-state index contributed by atoms with van der Waals surface area (Å²) in [6.45, 7) is 3.59. The van der Waals surface area contributed by atoms with Crippen molar-refractivity contribution in [2.24, 2.45) is 5.73 Å². The highest BCUT2D eigenvalue weighted by molar-refractivity contribution is 5.81. The molecule has 5 N–H and O–H groups in total. The predicted octanol–water partition coefficient (Wildman–Crippen LogP) is -0.169. The van der Waals surface area contributed by atoms with Gasteiger partial charge in [0, 0.05) is 32.5 Å². The number of piperidine rings is 1. The number of nitrogen functional groups attached to an aromatic ring is 1. The number of carbonyl (C=O) groups excluding carboxylic acids is 1. The molecule has 2 aromatic rings. The molecule has 0 unspecified atom stereocenters. The van der Waals surface area contributed by atoms with Gasteiger partial charge in [0.25, 0.3) is 0 Å². The lowest BCUT2D eigenvalue weighted by molar-refractivity contribution is -0.201. The van der Waals surface area contributed by atoms with Crippen LogP contribution >= 0.6 is 0 Å². The molecule has 4 heterocycles. The third-order valence-electron chi connectivity index (χ3n) is 6.06. The standard InChI is InChI=1S/C18H27N7O3/c1-17(27)9-28-18(3-6-24(7-4-18)13(26)2-5-19)8-12(17)25-11-23-14-15(20)21-10-22-16(14)25/h10-12,27H,2-9,19H2,1H3,(H2,20,21,22)/t12-,17-/m0/s1. The molecule has 2 aromatic heterocycles. The minimum atomic E-state index is -1.08. The molecule has 2 fully saturated rings. The van der Waals surface area contributed by atoms with Crippen molar-refractivity contribution in [1.29, 1.82) is 0 Å². The molecule has 2 aliphatic rings. The summed E-state index contributed by atoms with van der Waals surface area (Å²) < 4.78 is 8.05. The van der Waals surface area contributed by atoms with Gasteiger partial charge in [-0.2, -0.15) is 0 Å². The first-order valence-electron chi connectivity index (χ1n) is 9.62. The van der Waals surface area contributed by atoms with Crippen LogP contribution < -0.4 is 11.5 Å². The number of amides is 1. The first-order valence-corrected chi connectivity index (χ1v) is 9.62. The molecule has 10 heteroatoms. The average Bonchev–Trinajstić information content (AvgIpc) is 3.10. The van der Waals surface area contributed by atoms with Gasteiger partial charge < -0.3 is 30.8 Å². The van der Waals surface area contributed by atoms with Gasteiger partial charge in [-0.25, -0.2) is 15.0 Å². The summed E-state index contributed by atoms with van der Waals surface area (Å²) in [4.78, 5) is 26.6. The number of nitrogens with zero attached hydrogens (tertiary/aromatic N) is 5. The number of aliphatic hydroxyl groups is 1. The van der Waals surface area contributed by atoms with Crippen LogP contribution in [0.4, 0.5) is 5.82 Å². The molecule has 4 rings (SSSR count). The van der Waals surface area contributed by atoms with Crippen molar-refractivity contribution >= 4 is 22.9 Å². The topological polar surface area (TPSA) is 145 Å².